The van der Waals surface area contributed by atoms with Gasteiger partial charge in [0.05, 0.1) is 0 Å². The number of rotatable bonds is 6. The van der Waals surface area contributed by atoms with Crippen molar-refractivity contribution in [2.24, 2.45) is 11.7 Å². The van der Waals surface area contributed by atoms with Gasteiger partial charge in [0.25, 0.3) is 0 Å². The predicted molar refractivity (Wildman–Crippen MR) is 77.0 cm³/mol. The molecule has 0 spiro atoms. The lowest BCUT2D eigenvalue weighted by Crippen LogP contribution is -2.59. The Bertz CT molecular complexity index is 286. The SMILES string of the molecule is CSCC[C@@](N)(C(=O)O)[C@H]1CCCN(C(C)C)C1. The van der Waals surface area contributed by atoms with Gasteiger partial charge in [-0.3, -0.25) is 4.79 Å². The number of piperidine rings is 1. The summed E-state index contributed by atoms with van der Waals surface area (Å²) < 4.78 is 0. The van der Waals surface area contributed by atoms with Gasteiger partial charge >= 0.3 is 5.97 Å². The van der Waals surface area contributed by atoms with E-state index < -0.39 is 11.5 Å². The van der Waals surface area contributed by atoms with E-state index in [-0.39, 0.29) is 5.92 Å². The monoisotopic (exact) mass is 274 g/mol. The van der Waals surface area contributed by atoms with Gasteiger partial charge in [0.2, 0.25) is 0 Å². The highest BCUT2D eigenvalue weighted by Gasteiger charge is 2.43. The largest absolute Gasteiger partial charge is 0.480 e. The second-order valence-corrected chi connectivity index (χ2v) is 6.50. The standard InChI is InChI=1S/C13H26N2O2S/c1-10(2)15-7-4-5-11(9-15)13(14,12(16)17)6-8-18-3/h10-11H,4-9,14H2,1-3H3,(H,16,17)/t11-,13-/m0/s1. The Labute approximate surface area is 114 Å². The molecule has 1 saturated heterocycles. The summed E-state index contributed by atoms with van der Waals surface area (Å²) in [5.74, 6) is 0.0338. The van der Waals surface area contributed by atoms with Gasteiger partial charge < -0.3 is 15.7 Å². The summed E-state index contributed by atoms with van der Waals surface area (Å²) in [4.78, 5) is 13.9. The first-order valence-electron chi connectivity index (χ1n) is 6.67. The van der Waals surface area contributed by atoms with Gasteiger partial charge in [0.1, 0.15) is 5.54 Å². The van der Waals surface area contributed by atoms with Gasteiger partial charge in [-0.05, 0) is 51.7 Å². The number of nitrogens with two attached hydrogens (primary N) is 1. The minimum absolute atomic E-state index is 0.0679. The third-order valence-electron chi connectivity index (χ3n) is 4.03. The van der Waals surface area contributed by atoms with Gasteiger partial charge in [0, 0.05) is 18.5 Å². The van der Waals surface area contributed by atoms with Gasteiger partial charge in [-0.15, -0.1) is 0 Å². The van der Waals surface area contributed by atoms with Crippen LogP contribution in [0, 0.1) is 5.92 Å². The lowest BCUT2D eigenvalue weighted by atomic mass is 9.77. The average Bonchev–Trinajstić information content (AvgIpc) is 2.35. The van der Waals surface area contributed by atoms with Crippen LogP contribution in [0.2, 0.25) is 0 Å². The number of aliphatic carboxylic acids is 1. The molecule has 1 fully saturated rings. The van der Waals surface area contributed by atoms with Crippen LogP contribution < -0.4 is 5.73 Å². The molecule has 0 amide bonds. The molecular weight excluding hydrogens is 248 g/mol. The van der Waals surface area contributed by atoms with Gasteiger partial charge in [-0.2, -0.15) is 11.8 Å². The molecule has 1 aliphatic rings. The Morgan fingerprint density at radius 2 is 2.28 bits per heavy atom. The fraction of sp³-hybridized carbons (Fsp3) is 0.923. The molecule has 0 bridgehead atoms. The van der Waals surface area contributed by atoms with Crippen LogP contribution in [0.5, 0.6) is 0 Å². The second kappa shape index (κ2) is 6.78. The lowest BCUT2D eigenvalue weighted by molar-refractivity contribution is -0.146. The minimum Gasteiger partial charge on any atom is -0.480 e. The third kappa shape index (κ3) is 3.62. The molecule has 18 heavy (non-hydrogen) atoms. The summed E-state index contributed by atoms with van der Waals surface area (Å²) in [6.07, 6.45) is 4.53. The highest BCUT2D eigenvalue weighted by atomic mass is 32.2. The molecule has 0 saturated carbocycles. The third-order valence-corrected chi connectivity index (χ3v) is 4.64. The molecule has 0 unspecified atom stereocenters. The number of carboxylic acid groups (broad SMARTS) is 1. The van der Waals surface area contributed by atoms with Gasteiger partial charge in [-0.1, -0.05) is 0 Å². The van der Waals surface area contributed by atoms with E-state index in [9.17, 15) is 9.90 Å². The molecule has 0 radical (unpaired) electrons. The highest BCUT2D eigenvalue weighted by Crippen LogP contribution is 2.30. The number of likely N-dealkylation sites (tertiary alicyclic amines) is 1. The summed E-state index contributed by atoms with van der Waals surface area (Å²) in [6, 6.07) is 0.464. The summed E-state index contributed by atoms with van der Waals surface area (Å²) in [6.45, 7) is 6.19. The van der Waals surface area contributed by atoms with E-state index in [4.69, 9.17) is 5.73 Å². The van der Waals surface area contributed by atoms with Crippen LogP contribution >= 0.6 is 11.8 Å². The van der Waals surface area contributed by atoms with E-state index in [2.05, 4.69) is 18.7 Å². The number of carboxylic acids is 1. The van der Waals surface area contributed by atoms with Crippen LogP contribution in [-0.4, -0.2) is 52.7 Å². The molecule has 2 atom stereocenters. The summed E-state index contributed by atoms with van der Waals surface area (Å²) >= 11 is 1.66. The topological polar surface area (TPSA) is 66.6 Å². The van der Waals surface area contributed by atoms with Crippen LogP contribution in [0.25, 0.3) is 0 Å². The fourth-order valence-corrected chi connectivity index (χ4v) is 3.19. The smallest absolute Gasteiger partial charge is 0.324 e. The van der Waals surface area contributed by atoms with E-state index in [0.29, 0.717) is 12.5 Å². The molecule has 3 N–H and O–H groups in total. The number of carbonyl (C=O) groups is 1. The Morgan fingerprint density at radius 3 is 2.78 bits per heavy atom. The number of hydrogen-bond acceptors (Lipinski definition) is 4. The van der Waals surface area contributed by atoms with Crippen molar-refractivity contribution in [1.29, 1.82) is 0 Å². The average molecular weight is 274 g/mol. The van der Waals surface area contributed by atoms with Crippen molar-refractivity contribution in [3.63, 3.8) is 0 Å². The van der Waals surface area contributed by atoms with E-state index in [1.165, 1.54) is 0 Å². The zero-order chi connectivity index (χ0) is 13.8. The molecule has 0 aromatic carbocycles. The van der Waals surface area contributed by atoms with E-state index in [1.807, 2.05) is 6.26 Å². The predicted octanol–water partition coefficient (Wildman–Crippen LogP) is 1.64. The van der Waals surface area contributed by atoms with Gasteiger partial charge in [0.15, 0.2) is 0 Å². The zero-order valence-electron chi connectivity index (χ0n) is 11.7. The van der Waals surface area contributed by atoms with Crippen molar-refractivity contribution in [3.05, 3.63) is 0 Å². The van der Waals surface area contributed by atoms with Crippen molar-refractivity contribution < 1.29 is 9.90 Å². The number of hydrogen-bond donors (Lipinski definition) is 2. The molecule has 5 heteroatoms. The first-order chi connectivity index (χ1) is 8.41. The highest BCUT2D eigenvalue weighted by molar-refractivity contribution is 7.98. The number of thioether (sulfide) groups is 1. The van der Waals surface area contributed by atoms with Gasteiger partial charge in [-0.25, -0.2) is 0 Å². The van der Waals surface area contributed by atoms with Crippen LogP contribution in [0.15, 0.2) is 0 Å². The molecule has 0 aliphatic carbocycles. The van der Waals surface area contributed by atoms with E-state index in [0.717, 1.165) is 31.7 Å². The fourth-order valence-electron chi connectivity index (χ4n) is 2.65. The van der Waals surface area contributed by atoms with Crippen LogP contribution in [0.1, 0.15) is 33.1 Å². The maximum absolute atomic E-state index is 11.6. The quantitative estimate of drug-likeness (QED) is 0.771. The molecule has 1 heterocycles. The van der Waals surface area contributed by atoms with Crippen LogP contribution in [0.3, 0.4) is 0 Å². The van der Waals surface area contributed by atoms with Crippen LogP contribution in [0.4, 0.5) is 0 Å². The van der Waals surface area contributed by atoms with Crippen molar-refractivity contribution in [3.8, 4) is 0 Å². The summed E-state index contributed by atoms with van der Waals surface area (Å²) in [5, 5.41) is 9.48. The Balaban J connectivity index is 2.76. The first kappa shape index (κ1) is 15.8. The molecule has 106 valence electrons. The van der Waals surface area contributed by atoms with Crippen molar-refractivity contribution in [2.45, 2.75) is 44.7 Å². The molecule has 0 aromatic heterocycles. The molecule has 1 rings (SSSR count). The van der Waals surface area contributed by atoms with E-state index in [1.54, 1.807) is 11.8 Å². The Hall–Kier alpha value is -0.260. The summed E-state index contributed by atoms with van der Waals surface area (Å²) in [7, 11) is 0. The Morgan fingerprint density at radius 1 is 1.61 bits per heavy atom. The molecular formula is C13H26N2O2S. The molecule has 1 aliphatic heterocycles. The van der Waals surface area contributed by atoms with Crippen molar-refractivity contribution >= 4 is 17.7 Å². The van der Waals surface area contributed by atoms with E-state index >= 15 is 0 Å². The maximum Gasteiger partial charge on any atom is 0.324 e. The molecule has 4 nitrogen and oxygen atoms in total. The summed E-state index contributed by atoms with van der Waals surface area (Å²) in [5.41, 5.74) is 5.17. The first-order valence-corrected chi connectivity index (χ1v) is 8.06. The van der Waals surface area contributed by atoms with Crippen LogP contribution in [-0.2, 0) is 4.79 Å². The molecule has 0 aromatic rings. The van der Waals surface area contributed by atoms with Crippen molar-refractivity contribution in [1.82, 2.24) is 4.90 Å². The normalized spacial score (nSPS) is 25.1. The van der Waals surface area contributed by atoms with Crippen molar-refractivity contribution in [2.75, 3.05) is 25.1 Å². The Kier molecular flexibility index (Phi) is 5.95. The maximum atomic E-state index is 11.6. The lowest BCUT2D eigenvalue weighted by Gasteiger charge is -2.42. The zero-order valence-corrected chi connectivity index (χ0v) is 12.5. The number of nitrogens with zero attached hydrogens (tertiary/aromatic N) is 1. The minimum atomic E-state index is -1.06. The second-order valence-electron chi connectivity index (χ2n) is 5.52.